The van der Waals surface area contributed by atoms with E-state index in [2.05, 4.69) is 0 Å². The SMILES string of the molecule is Cc1ccc(OCC(F)(F)c2ccccc2)c([B-](F)(F)F)c1.[K+]. The summed E-state index contributed by atoms with van der Waals surface area (Å²) in [6, 6.07) is 10.2. The molecule has 0 aliphatic carbocycles. The summed E-state index contributed by atoms with van der Waals surface area (Å²) < 4.78 is 71.6. The smallest absolute Gasteiger partial charge is 0.490 e. The molecule has 23 heavy (non-hydrogen) atoms. The Morgan fingerprint density at radius 3 is 2.17 bits per heavy atom. The van der Waals surface area contributed by atoms with Crippen LogP contribution in [0.3, 0.4) is 0 Å². The van der Waals surface area contributed by atoms with Gasteiger partial charge in [-0.2, -0.15) is 8.78 Å². The molecular formula is C15H13BF5KO. The van der Waals surface area contributed by atoms with Crippen LogP contribution < -0.4 is 61.6 Å². The molecule has 0 bridgehead atoms. The second kappa shape index (κ2) is 8.11. The molecule has 0 aromatic heterocycles. The van der Waals surface area contributed by atoms with E-state index < -0.39 is 30.7 Å². The molecule has 0 spiro atoms. The molecule has 2 aromatic carbocycles. The third-order valence-electron chi connectivity index (χ3n) is 3.12. The first-order chi connectivity index (χ1) is 10.2. The summed E-state index contributed by atoms with van der Waals surface area (Å²) in [5, 5.41) is 0. The van der Waals surface area contributed by atoms with Crippen molar-refractivity contribution in [2.45, 2.75) is 12.8 Å². The molecule has 2 rings (SSSR count). The van der Waals surface area contributed by atoms with Crippen molar-refractivity contribution in [1.29, 1.82) is 0 Å². The van der Waals surface area contributed by atoms with Gasteiger partial charge in [0, 0.05) is 5.56 Å². The van der Waals surface area contributed by atoms with Crippen LogP contribution in [0.1, 0.15) is 11.1 Å². The Bertz CT molecular complexity index is 646. The number of aryl methyl sites for hydroxylation is 1. The van der Waals surface area contributed by atoms with Crippen LogP contribution in [0.4, 0.5) is 21.7 Å². The Morgan fingerprint density at radius 2 is 1.61 bits per heavy atom. The second-order valence-electron chi connectivity index (χ2n) is 4.98. The van der Waals surface area contributed by atoms with Crippen LogP contribution >= 0.6 is 0 Å². The first kappa shape index (κ1) is 20.6. The van der Waals surface area contributed by atoms with E-state index in [0.29, 0.717) is 5.56 Å². The van der Waals surface area contributed by atoms with E-state index in [1.165, 1.54) is 37.3 Å². The van der Waals surface area contributed by atoms with E-state index in [0.717, 1.165) is 12.1 Å². The van der Waals surface area contributed by atoms with Crippen LogP contribution in [-0.2, 0) is 5.92 Å². The van der Waals surface area contributed by atoms with Crippen LogP contribution in [0.5, 0.6) is 5.75 Å². The zero-order valence-corrected chi connectivity index (χ0v) is 15.8. The minimum absolute atomic E-state index is 0. The topological polar surface area (TPSA) is 9.23 Å². The molecule has 0 unspecified atom stereocenters. The normalized spacial score (nSPS) is 11.7. The molecule has 0 radical (unpaired) electrons. The molecule has 0 aliphatic heterocycles. The molecule has 0 heterocycles. The zero-order valence-electron chi connectivity index (χ0n) is 12.7. The molecular weight excluding hydrogens is 341 g/mol. The summed E-state index contributed by atoms with van der Waals surface area (Å²) in [5.74, 6) is -3.95. The molecule has 0 N–H and O–H groups in total. The van der Waals surface area contributed by atoms with Crippen LogP contribution in [0.2, 0.25) is 0 Å². The predicted molar refractivity (Wildman–Crippen MR) is 75.7 cm³/mol. The van der Waals surface area contributed by atoms with Crippen molar-refractivity contribution in [2.24, 2.45) is 0 Å². The number of ether oxygens (including phenoxy) is 1. The molecule has 0 fully saturated rings. The van der Waals surface area contributed by atoms with Crippen molar-refractivity contribution >= 4 is 12.4 Å². The molecule has 0 amide bonds. The van der Waals surface area contributed by atoms with Gasteiger partial charge in [-0.3, -0.25) is 0 Å². The molecule has 8 heteroatoms. The summed E-state index contributed by atoms with van der Waals surface area (Å²) in [4.78, 5) is 0. The predicted octanol–water partition coefficient (Wildman–Crippen LogP) is 1.22. The van der Waals surface area contributed by atoms with Gasteiger partial charge >= 0.3 is 64.3 Å². The molecule has 118 valence electrons. The van der Waals surface area contributed by atoms with Gasteiger partial charge in [-0.15, -0.1) is 0 Å². The molecule has 0 saturated carbocycles. The molecule has 0 aliphatic rings. The van der Waals surface area contributed by atoms with Gasteiger partial charge in [0.15, 0.2) is 6.61 Å². The summed E-state index contributed by atoms with van der Waals surface area (Å²) in [5.41, 5.74) is -0.915. The van der Waals surface area contributed by atoms with E-state index in [9.17, 15) is 21.7 Å². The third kappa shape index (κ3) is 5.56. The number of hydrogen-bond acceptors (Lipinski definition) is 1. The van der Waals surface area contributed by atoms with Crippen LogP contribution in [0, 0.1) is 6.92 Å². The van der Waals surface area contributed by atoms with Crippen LogP contribution in [0.25, 0.3) is 0 Å². The molecule has 0 saturated heterocycles. The summed E-state index contributed by atoms with van der Waals surface area (Å²) in [6.45, 7) is -4.99. The minimum atomic E-state index is -5.33. The van der Waals surface area contributed by atoms with E-state index in [4.69, 9.17) is 4.74 Å². The summed E-state index contributed by atoms with van der Waals surface area (Å²) >= 11 is 0. The van der Waals surface area contributed by atoms with E-state index in [-0.39, 0.29) is 56.9 Å². The first-order valence-electron chi connectivity index (χ1n) is 6.57. The fourth-order valence-electron chi connectivity index (χ4n) is 1.99. The maximum atomic E-state index is 13.9. The standard InChI is InChI=1S/C15H13BF5O.K/c1-11-7-8-14(13(9-11)16(19,20)21)22-10-15(17,18)12-5-3-2-4-6-12;/h2-9H,10H2,1H3;/q-1;+1. The van der Waals surface area contributed by atoms with Crippen molar-refractivity contribution in [2.75, 3.05) is 6.61 Å². The maximum absolute atomic E-state index is 13.9. The van der Waals surface area contributed by atoms with Gasteiger partial charge in [-0.1, -0.05) is 53.5 Å². The number of alkyl halides is 2. The first-order valence-corrected chi connectivity index (χ1v) is 6.57. The van der Waals surface area contributed by atoms with E-state index in [1.807, 2.05) is 0 Å². The van der Waals surface area contributed by atoms with Crippen molar-refractivity contribution in [3.63, 3.8) is 0 Å². The van der Waals surface area contributed by atoms with Crippen molar-refractivity contribution in [3.8, 4) is 5.75 Å². The second-order valence-corrected chi connectivity index (χ2v) is 4.98. The number of benzene rings is 2. The van der Waals surface area contributed by atoms with E-state index >= 15 is 0 Å². The van der Waals surface area contributed by atoms with Gasteiger partial charge in [0.1, 0.15) is 0 Å². The Kier molecular flexibility index (Phi) is 7.28. The van der Waals surface area contributed by atoms with Crippen LogP contribution in [-0.4, -0.2) is 13.6 Å². The average molecular weight is 354 g/mol. The fraction of sp³-hybridized carbons (Fsp3) is 0.200. The Hall–Kier alpha value is -0.409. The largest absolute Gasteiger partial charge is 1.00 e. The Balaban J connectivity index is 0.00000264. The number of hydrogen-bond donors (Lipinski definition) is 0. The van der Waals surface area contributed by atoms with Crippen LogP contribution in [0.15, 0.2) is 48.5 Å². The number of rotatable bonds is 5. The van der Waals surface area contributed by atoms with Gasteiger partial charge in [0.25, 0.3) is 0 Å². The quantitative estimate of drug-likeness (QED) is 0.580. The monoisotopic (exact) mass is 354 g/mol. The number of halogens is 5. The third-order valence-corrected chi connectivity index (χ3v) is 3.12. The molecule has 1 nitrogen and oxygen atoms in total. The van der Waals surface area contributed by atoms with Crippen molar-refractivity contribution in [1.82, 2.24) is 0 Å². The summed E-state index contributed by atoms with van der Waals surface area (Å²) in [7, 11) is 0. The minimum Gasteiger partial charge on any atom is -0.490 e. The molecule has 0 atom stereocenters. The van der Waals surface area contributed by atoms with Gasteiger partial charge in [0.05, 0.1) is 5.75 Å². The maximum Gasteiger partial charge on any atom is 1.00 e. The molecule has 2 aromatic rings. The zero-order chi connectivity index (χ0) is 16.4. The Labute approximate surface area is 173 Å². The van der Waals surface area contributed by atoms with Gasteiger partial charge in [0.2, 0.25) is 0 Å². The van der Waals surface area contributed by atoms with Gasteiger partial charge in [-0.25, -0.2) is 0 Å². The average Bonchev–Trinajstić information content (AvgIpc) is 2.46. The Morgan fingerprint density at radius 1 is 1.00 bits per heavy atom. The van der Waals surface area contributed by atoms with Gasteiger partial charge < -0.3 is 17.7 Å². The summed E-state index contributed by atoms with van der Waals surface area (Å²) in [6.07, 6.45) is 0. The van der Waals surface area contributed by atoms with Crippen molar-refractivity contribution < 1.29 is 77.8 Å². The van der Waals surface area contributed by atoms with Gasteiger partial charge in [-0.05, 0) is 13.0 Å². The van der Waals surface area contributed by atoms with E-state index in [1.54, 1.807) is 6.07 Å². The fourth-order valence-corrected chi connectivity index (χ4v) is 1.99. The van der Waals surface area contributed by atoms with Crippen molar-refractivity contribution in [3.05, 3.63) is 59.7 Å².